The first-order valence-electron chi connectivity index (χ1n) is 9.80. The molecule has 0 unspecified atom stereocenters. The van der Waals surface area contributed by atoms with Crippen molar-refractivity contribution in [2.24, 2.45) is 0 Å². The van der Waals surface area contributed by atoms with Gasteiger partial charge in [0.05, 0.1) is 27.1 Å². The van der Waals surface area contributed by atoms with Gasteiger partial charge in [0.2, 0.25) is 5.91 Å². The van der Waals surface area contributed by atoms with E-state index in [4.69, 9.17) is 0 Å². The molecule has 144 valence electrons. The van der Waals surface area contributed by atoms with Gasteiger partial charge >= 0.3 is 0 Å². The van der Waals surface area contributed by atoms with Crippen LogP contribution in [0.25, 0.3) is 11.1 Å². The number of quaternary nitrogens is 1. The summed E-state index contributed by atoms with van der Waals surface area (Å²) in [7, 11) is 4.25. The minimum absolute atomic E-state index is 0.0609. The van der Waals surface area contributed by atoms with Crippen LogP contribution in [0.1, 0.15) is 22.7 Å². The number of benzene rings is 3. The second-order valence-corrected chi connectivity index (χ2v) is 7.58. The third-order valence-corrected chi connectivity index (χ3v) is 5.11. The fourth-order valence-corrected chi connectivity index (χ4v) is 3.36. The molecule has 0 saturated heterocycles. The Kier molecular flexibility index (Phi) is 6.62. The number of aryl methyl sites for hydroxylation is 1. The van der Waals surface area contributed by atoms with Crippen LogP contribution in [0.2, 0.25) is 0 Å². The highest BCUT2D eigenvalue weighted by atomic mass is 16.1. The Hall–Kier alpha value is -2.91. The van der Waals surface area contributed by atoms with Gasteiger partial charge in [-0.3, -0.25) is 4.79 Å². The molecule has 0 spiro atoms. The lowest BCUT2D eigenvalue weighted by molar-refractivity contribution is -0.890. The van der Waals surface area contributed by atoms with Crippen molar-refractivity contribution in [1.82, 2.24) is 5.32 Å². The molecule has 0 aromatic heterocycles. The lowest BCUT2D eigenvalue weighted by Gasteiger charge is -2.22. The second-order valence-electron chi connectivity index (χ2n) is 7.58. The first-order valence-corrected chi connectivity index (χ1v) is 9.80. The molecule has 0 fully saturated rings. The maximum atomic E-state index is 12.5. The van der Waals surface area contributed by atoms with Gasteiger partial charge in [-0.25, -0.2) is 0 Å². The molecule has 0 aliphatic heterocycles. The predicted octanol–water partition coefficient (Wildman–Crippen LogP) is 3.21. The molecule has 3 aromatic rings. The van der Waals surface area contributed by atoms with Crippen LogP contribution >= 0.6 is 0 Å². The number of rotatable bonds is 7. The number of carbonyl (C=O) groups excluding carboxylic acids is 1. The summed E-state index contributed by atoms with van der Waals surface area (Å²) in [5.41, 5.74) is 5.88. The van der Waals surface area contributed by atoms with Crippen LogP contribution in [0.15, 0.2) is 78.9 Å². The smallest absolute Gasteiger partial charge is 0.224 e. The van der Waals surface area contributed by atoms with E-state index in [9.17, 15) is 4.79 Å². The fraction of sp³-hybridized carbons (Fsp3) is 0.240. The van der Waals surface area contributed by atoms with E-state index < -0.39 is 0 Å². The van der Waals surface area contributed by atoms with Crippen molar-refractivity contribution >= 4 is 5.91 Å². The average molecular weight is 374 g/mol. The van der Waals surface area contributed by atoms with Gasteiger partial charge in [-0.2, -0.15) is 0 Å². The first kappa shape index (κ1) is 19.8. The van der Waals surface area contributed by atoms with E-state index in [0.717, 1.165) is 5.56 Å². The predicted molar refractivity (Wildman–Crippen MR) is 115 cm³/mol. The summed E-state index contributed by atoms with van der Waals surface area (Å²) in [6.07, 6.45) is 0.401. The lowest BCUT2D eigenvalue weighted by Crippen LogP contribution is -3.07. The zero-order chi connectivity index (χ0) is 19.9. The molecular weight excluding hydrogens is 344 g/mol. The Labute approximate surface area is 168 Å². The number of nitrogens with one attached hydrogen (secondary N) is 2. The highest BCUT2D eigenvalue weighted by Crippen LogP contribution is 2.19. The van der Waals surface area contributed by atoms with Crippen molar-refractivity contribution < 1.29 is 9.69 Å². The molecule has 0 saturated carbocycles. The molecule has 1 amide bonds. The molecule has 3 nitrogen and oxygen atoms in total. The molecule has 0 aliphatic carbocycles. The third-order valence-electron chi connectivity index (χ3n) is 5.11. The lowest BCUT2D eigenvalue weighted by atomic mass is 10.0. The normalized spacial score (nSPS) is 12.0. The van der Waals surface area contributed by atoms with Crippen LogP contribution < -0.4 is 10.2 Å². The van der Waals surface area contributed by atoms with E-state index >= 15 is 0 Å². The summed E-state index contributed by atoms with van der Waals surface area (Å²) in [5, 5.41) is 3.11. The van der Waals surface area contributed by atoms with Crippen LogP contribution in [-0.4, -0.2) is 26.5 Å². The molecule has 0 bridgehead atoms. The zero-order valence-corrected chi connectivity index (χ0v) is 16.9. The summed E-state index contributed by atoms with van der Waals surface area (Å²) >= 11 is 0. The van der Waals surface area contributed by atoms with Gasteiger partial charge in [0.15, 0.2) is 0 Å². The number of carbonyl (C=O) groups is 1. The molecule has 3 aromatic carbocycles. The van der Waals surface area contributed by atoms with Gasteiger partial charge < -0.3 is 10.2 Å². The van der Waals surface area contributed by atoms with Crippen LogP contribution in [-0.2, 0) is 11.2 Å². The van der Waals surface area contributed by atoms with Gasteiger partial charge in [0, 0.05) is 5.56 Å². The number of hydrogen-bond donors (Lipinski definition) is 2. The Morgan fingerprint density at radius 2 is 1.46 bits per heavy atom. The van der Waals surface area contributed by atoms with Crippen LogP contribution in [0.5, 0.6) is 0 Å². The fourth-order valence-electron chi connectivity index (χ4n) is 3.36. The van der Waals surface area contributed by atoms with Crippen molar-refractivity contribution in [3.8, 4) is 11.1 Å². The van der Waals surface area contributed by atoms with E-state index in [0.29, 0.717) is 13.0 Å². The number of amides is 1. The Bertz CT molecular complexity index is 884. The van der Waals surface area contributed by atoms with Crippen molar-refractivity contribution in [2.75, 3.05) is 20.6 Å². The first-order chi connectivity index (χ1) is 13.5. The minimum Gasteiger partial charge on any atom is -0.349 e. The molecule has 2 N–H and O–H groups in total. The average Bonchev–Trinajstić information content (AvgIpc) is 2.70. The maximum absolute atomic E-state index is 12.5. The van der Waals surface area contributed by atoms with E-state index in [1.807, 2.05) is 30.3 Å². The zero-order valence-electron chi connectivity index (χ0n) is 16.9. The van der Waals surface area contributed by atoms with Crippen LogP contribution in [0.4, 0.5) is 0 Å². The summed E-state index contributed by atoms with van der Waals surface area (Å²) < 4.78 is 0. The van der Waals surface area contributed by atoms with E-state index in [1.54, 1.807) is 0 Å². The monoisotopic (exact) mass is 373 g/mol. The van der Waals surface area contributed by atoms with Crippen LogP contribution in [0, 0.1) is 6.92 Å². The van der Waals surface area contributed by atoms with E-state index in [-0.39, 0.29) is 11.9 Å². The van der Waals surface area contributed by atoms with Crippen molar-refractivity contribution in [2.45, 2.75) is 19.4 Å². The van der Waals surface area contributed by atoms with Crippen molar-refractivity contribution in [3.05, 3.63) is 95.6 Å². The highest BCUT2D eigenvalue weighted by molar-refractivity contribution is 5.79. The topological polar surface area (TPSA) is 33.5 Å². The molecular formula is C25H29N2O+. The van der Waals surface area contributed by atoms with Gasteiger partial charge in [0.1, 0.15) is 6.04 Å². The standard InChI is InChI=1S/C25H28N2O/c1-19-9-13-23(14-10-19)24(27(2)3)18-26-25(28)17-20-11-15-22(16-12-20)21-7-5-4-6-8-21/h4-16,24H,17-18H2,1-3H3,(H,26,28)/p+1/t24-/m1/s1. The van der Waals surface area contributed by atoms with Crippen LogP contribution in [0.3, 0.4) is 0 Å². The summed E-state index contributed by atoms with van der Waals surface area (Å²) in [6, 6.07) is 27.3. The maximum Gasteiger partial charge on any atom is 0.224 e. The molecule has 28 heavy (non-hydrogen) atoms. The summed E-state index contributed by atoms with van der Waals surface area (Å²) in [5.74, 6) is 0.0609. The Balaban J connectivity index is 1.58. The van der Waals surface area contributed by atoms with Gasteiger partial charge in [-0.1, -0.05) is 84.4 Å². The molecule has 0 heterocycles. The quantitative estimate of drug-likeness (QED) is 0.655. The minimum atomic E-state index is 0.0609. The highest BCUT2D eigenvalue weighted by Gasteiger charge is 2.18. The van der Waals surface area contributed by atoms with Gasteiger partial charge in [0.25, 0.3) is 0 Å². The van der Waals surface area contributed by atoms with Crippen molar-refractivity contribution in [1.29, 1.82) is 0 Å². The largest absolute Gasteiger partial charge is 0.349 e. The Morgan fingerprint density at radius 1 is 0.857 bits per heavy atom. The molecule has 0 radical (unpaired) electrons. The van der Waals surface area contributed by atoms with E-state index in [2.05, 4.69) is 74.9 Å². The second kappa shape index (κ2) is 9.34. The molecule has 3 heteroatoms. The summed E-state index contributed by atoms with van der Waals surface area (Å²) in [4.78, 5) is 13.8. The van der Waals surface area contributed by atoms with Gasteiger partial charge in [-0.15, -0.1) is 0 Å². The number of likely N-dealkylation sites (N-methyl/N-ethyl adjacent to an activating group) is 1. The number of hydrogen-bond acceptors (Lipinski definition) is 1. The third kappa shape index (κ3) is 5.30. The molecule has 3 rings (SSSR count). The summed E-state index contributed by atoms with van der Waals surface area (Å²) in [6.45, 7) is 2.72. The molecule has 0 aliphatic rings. The Morgan fingerprint density at radius 3 is 2.07 bits per heavy atom. The molecule has 1 atom stereocenters. The van der Waals surface area contributed by atoms with Gasteiger partial charge in [-0.05, 0) is 23.6 Å². The van der Waals surface area contributed by atoms with Crippen molar-refractivity contribution in [3.63, 3.8) is 0 Å². The SMILES string of the molecule is Cc1ccc([C@@H](CNC(=O)Cc2ccc(-c3ccccc3)cc2)[NH+](C)C)cc1. The van der Waals surface area contributed by atoms with E-state index in [1.165, 1.54) is 27.2 Å².